The molecule has 130 valence electrons. The summed E-state index contributed by atoms with van der Waals surface area (Å²) in [4.78, 5) is 4.75. The highest BCUT2D eigenvalue weighted by Gasteiger charge is 2.12. The Bertz CT molecular complexity index is 1070. The van der Waals surface area contributed by atoms with Crippen LogP contribution in [0.2, 0.25) is 0 Å². The Morgan fingerprint density at radius 2 is 1.85 bits per heavy atom. The van der Waals surface area contributed by atoms with Crippen molar-refractivity contribution in [2.24, 2.45) is 7.05 Å². The number of aryl methyl sites for hydroxylation is 2. The highest BCUT2D eigenvalue weighted by molar-refractivity contribution is 5.85. The lowest BCUT2D eigenvalue weighted by Crippen LogP contribution is -2.04. The summed E-state index contributed by atoms with van der Waals surface area (Å²) >= 11 is 0. The van der Waals surface area contributed by atoms with Crippen LogP contribution in [0.4, 0.5) is 11.6 Å². The SMILES string of the molecule is Cc1cccc2cc(CO)c(Nc3cc(-c4ccccc4)nn3C)nc12. The summed E-state index contributed by atoms with van der Waals surface area (Å²) in [6.07, 6.45) is 0. The second kappa shape index (κ2) is 6.61. The molecule has 5 nitrogen and oxygen atoms in total. The molecule has 0 radical (unpaired) electrons. The summed E-state index contributed by atoms with van der Waals surface area (Å²) in [5.41, 5.74) is 4.73. The van der Waals surface area contributed by atoms with Gasteiger partial charge in [0, 0.05) is 29.6 Å². The molecule has 2 N–H and O–H groups in total. The van der Waals surface area contributed by atoms with Crippen molar-refractivity contribution in [3.05, 3.63) is 71.8 Å². The largest absolute Gasteiger partial charge is 0.392 e. The molecule has 2 heterocycles. The van der Waals surface area contributed by atoms with Gasteiger partial charge in [0.25, 0.3) is 0 Å². The van der Waals surface area contributed by atoms with Crippen LogP contribution in [0.15, 0.2) is 60.7 Å². The first-order valence-corrected chi connectivity index (χ1v) is 8.52. The van der Waals surface area contributed by atoms with Crippen molar-refractivity contribution >= 4 is 22.5 Å². The molecule has 2 aromatic carbocycles. The minimum atomic E-state index is -0.0807. The number of hydrogen-bond donors (Lipinski definition) is 2. The van der Waals surface area contributed by atoms with Gasteiger partial charge in [-0.15, -0.1) is 0 Å². The number of pyridine rings is 1. The van der Waals surface area contributed by atoms with Crippen molar-refractivity contribution in [1.82, 2.24) is 14.8 Å². The lowest BCUT2D eigenvalue weighted by molar-refractivity contribution is 0.282. The van der Waals surface area contributed by atoms with Crippen molar-refractivity contribution < 1.29 is 5.11 Å². The number of nitrogens with zero attached hydrogens (tertiary/aromatic N) is 3. The molecule has 26 heavy (non-hydrogen) atoms. The number of anilines is 2. The zero-order valence-electron chi connectivity index (χ0n) is 14.8. The van der Waals surface area contributed by atoms with Crippen LogP contribution in [0, 0.1) is 6.92 Å². The average Bonchev–Trinajstić information content (AvgIpc) is 3.03. The van der Waals surface area contributed by atoms with Gasteiger partial charge in [0.2, 0.25) is 0 Å². The number of aliphatic hydroxyl groups excluding tert-OH is 1. The molecule has 0 unspecified atom stereocenters. The van der Waals surface area contributed by atoms with Gasteiger partial charge < -0.3 is 10.4 Å². The predicted octanol–water partition coefficient (Wildman–Crippen LogP) is 4.18. The number of aliphatic hydroxyl groups is 1. The van der Waals surface area contributed by atoms with E-state index in [1.165, 1.54) is 0 Å². The van der Waals surface area contributed by atoms with Crippen molar-refractivity contribution in [2.75, 3.05) is 5.32 Å². The fraction of sp³-hybridized carbons (Fsp3) is 0.143. The molecule has 0 atom stereocenters. The van der Waals surface area contributed by atoms with E-state index in [0.29, 0.717) is 5.82 Å². The fourth-order valence-corrected chi connectivity index (χ4v) is 3.07. The van der Waals surface area contributed by atoms with E-state index in [1.807, 2.05) is 74.6 Å². The minimum Gasteiger partial charge on any atom is -0.392 e. The Kier molecular flexibility index (Phi) is 4.14. The third-order valence-corrected chi connectivity index (χ3v) is 4.49. The summed E-state index contributed by atoms with van der Waals surface area (Å²) in [7, 11) is 1.89. The summed E-state index contributed by atoms with van der Waals surface area (Å²) in [5.74, 6) is 1.47. The number of benzene rings is 2. The number of hydrogen-bond acceptors (Lipinski definition) is 4. The molecule has 0 aliphatic rings. The zero-order chi connectivity index (χ0) is 18.1. The Balaban J connectivity index is 1.75. The molecular weight excluding hydrogens is 324 g/mol. The van der Waals surface area contributed by atoms with Crippen LogP contribution in [0.25, 0.3) is 22.2 Å². The Labute approximate surface area is 151 Å². The van der Waals surface area contributed by atoms with Crippen LogP contribution in [0.5, 0.6) is 0 Å². The molecule has 0 amide bonds. The molecule has 0 fully saturated rings. The highest BCUT2D eigenvalue weighted by atomic mass is 16.3. The molecule has 0 spiro atoms. The van der Waals surface area contributed by atoms with Crippen LogP contribution >= 0.6 is 0 Å². The Morgan fingerprint density at radius 3 is 2.62 bits per heavy atom. The van der Waals surface area contributed by atoms with E-state index in [-0.39, 0.29) is 6.61 Å². The van der Waals surface area contributed by atoms with Gasteiger partial charge in [-0.05, 0) is 18.6 Å². The van der Waals surface area contributed by atoms with Crippen molar-refractivity contribution in [1.29, 1.82) is 0 Å². The topological polar surface area (TPSA) is 63.0 Å². The molecule has 0 bridgehead atoms. The summed E-state index contributed by atoms with van der Waals surface area (Å²) < 4.78 is 1.78. The summed E-state index contributed by atoms with van der Waals surface area (Å²) in [6, 6.07) is 20.0. The third kappa shape index (κ3) is 2.93. The molecule has 2 aromatic heterocycles. The highest BCUT2D eigenvalue weighted by Crippen LogP contribution is 2.27. The zero-order valence-corrected chi connectivity index (χ0v) is 14.8. The number of aromatic nitrogens is 3. The summed E-state index contributed by atoms with van der Waals surface area (Å²) in [6.45, 7) is 1.96. The van der Waals surface area contributed by atoms with E-state index in [2.05, 4.69) is 10.4 Å². The van der Waals surface area contributed by atoms with Crippen molar-refractivity contribution in [3.8, 4) is 11.3 Å². The maximum Gasteiger partial charge on any atom is 0.137 e. The number of fused-ring (bicyclic) bond motifs is 1. The second-order valence-corrected chi connectivity index (χ2v) is 6.33. The first-order valence-electron chi connectivity index (χ1n) is 8.52. The third-order valence-electron chi connectivity index (χ3n) is 4.49. The minimum absolute atomic E-state index is 0.0807. The molecular formula is C21H20N4O. The average molecular weight is 344 g/mol. The number of rotatable bonds is 4. The van der Waals surface area contributed by atoms with Crippen molar-refractivity contribution in [2.45, 2.75) is 13.5 Å². The smallest absolute Gasteiger partial charge is 0.137 e. The summed E-state index contributed by atoms with van der Waals surface area (Å²) in [5, 5.41) is 18.7. The standard InChI is InChI=1S/C21H20N4O/c1-14-7-6-10-16-11-17(13-26)21(23-20(14)16)22-19-12-18(24-25(19)2)15-8-4-3-5-9-15/h3-12,26H,13H2,1-2H3,(H,22,23). The normalized spacial score (nSPS) is 11.0. The van der Waals surface area contributed by atoms with Gasteiger partial charge in [-0.25, -0.2) is 4.98 Å². The number of para-hydroxylation sites is 1. The van der Waals surface area contributed by atoms with Crippen LogP contribution in [-0.2, 0) is 13.7 Å². The maximum atomic E-state index is 9.78. The lowest BCUT2D eigenvalue weighted by atomic mass is 10.1. The van der Waals surface area contributed by atoms with E-state index in [4.69, 9.17) is 4.98 Å². The van der Waals surface area contributed by atoms with E-state index in [1.54, 1.807) is 4.68 Å². The van der Waals surface area contributed by atoms with Crippen molar-refractivity contribution in [3.63, 3.8) is 0 Å². The second-order valence-electron chi connectivity index (χ2n) is 6.33. The maximum absolute atomic E-state index is 9.78. The van der Waals surface area contributed by atoms with Gasteiger partial charge in [-0.1, -0.05) is 48.5 Å². The van der Waals surface area contributed by atoms with E-state index in [9.17, 15) is 5.11 Å². The predicted molar refractivity (Wildman–Crippen MR) is 104 cm³/mol. The quantitative estimate of drug-likeness (QED) is 0.583. The Hall–Kier alpha value is -3.18. The molecule has 5 heteroatoms. The molecule has 0 saturated carbocycles. The molecule has 0 saturated heterocycles. The van der Waals surface area contributed by atoms with Gasteiger partial charge in [0.15, 0.2) is 0 Å². The molecule has 0 aliphatic heterocycles. The molecule has 4 aromatic rings. The monoisotopic (exact) mass is 344 g/mol. The van der Waals surface area contributed by atoms with Gasteiger partial charge >= 0.3 is 0 Å². The van der Waals surface area contributed by atoms with Gasteiger partial charge in [-0.3, -0.25) is 4.68 Å². The van der Waals surface area contributed by atoms with Gasteiger partial charge in [0.05, 0.1) is 17.8 Å². The van der Waals surface area contributed by atoms with E-state index < -0.39 is 0 Å². The Morgan fingerprint density at radius 1 is 1.04 bits per heavy atom. The molecule has 4 rings (SSSR count). The molecule has 0 aliphatic carbocycles. The van der Waals surface area contributed by atoms with Crippen LogP contribution in [0.1, 0.15) is 11.1 Å². The van der Waals surface area contributed by atoms with Crippen LogP contribution in [-0.4, -0.2) is 19.9 Å². The van der Waals surface area contributed by atoms with Gasteiger partial charge in [-0.2, -0.15) is 5.10 Å². The first-order chi connectivity index (χ1) is 12.7. The fourth-order valence-electron chi connectivity index (χ4n) is 3.07. The lowest BCUT2D eigenvalue weighted by Gasteiger charge is -2.12. The van der Waals surface area contributed by atoms with E-state index >= 15 is 0 Å². The number of nitrogens with one attached hydrogen (secondary N) is 1. The van der Waals surface area contributed by atoms with Crippen LogP contribution < -0.4 is 5.32 Å². The van der Waals surface area contributed by atoms with E-state index in [0.717, 1.165) is 39.1 Å². The first kappa shape index (κ1) is 16.3. The van der Waals surface area contributed by atoms with Gasteiger partial charge in [0.1, 0.15) is 11.6 Å². The van der Waals surface area contributed by atoms with Crippen LogP contribution in [0.3, 0.4) is 0 Å².